The van der Waals surface area contributed by atoms with Crippen molar-refractivity contribution < 1.29 is 31.5 Å². The number of halogens is 5. The molecule has 1 rings (SSSR count). The molecule has 0 N–H and O–H groups in total. The molecule has 0 aliphatic carbocycles. The summed E-state index contributed by atoms with van der Waals surface area (Å²) >= 11 is 0. The lowest BCUT2D eigenvalue weighted by Gasteiger charge is -2.14. The van der Waals surface area contributed by atoms with Gasteiger partial charge in [0.2, 0.25) is 0 Å². The Balaban J connectivity index is 3.54. The van der Waals surface area contributed by atoms with Gasteiger partial charge in [-0.15, -0.1) is 0 Å². The SMILES string of the molecule is COC(=O)Cc1cc(C(F)F)nc(C#N)c1C(F)(F)F. The third-order valence-corrected chi connectivity index (χ3v) is 2.30. The number of carbonyl (C=O) groups excluding carboxylic acids is 1. The van der Waals surface area contributed by atoms with Crippen LogP contribution >= 0.6 is 0 Å². The first-order valence-electron chi connectivity index (χ1n) is 5.06. The third kappa shape index (κ3) is 3.40. The summed E-state index contributed by atoms with van der Waals surface area (Å²) < 4.78 is 67.8. The van der Waals surface area contributed by atoms with E-state index in [0.29, 0.717) is 6.07 Å². The number of hydrogen-bond acceptors (Lipinski definition) is 4. The maximum atomic E-state index is 12.9. The fourth-order valence-corrected chi connectivity index (χ4v) is 1.50. The summed E-state index contributed by atoms with van der Waals surface area (Å²) in [6.45, 7) is 0. The van der Waals surface area contributed by atoms with Crippen LogP contribution in [0.3, 0.4) is 0 Å². The number of esters is 1. The van der Waals surface area contributed by atoms with Crippen LogP contribution in [0.2, 0.25) is 0 Å². The van der Waals surface area contributed by atoms with Crippen LogP contribution < -0.4 is 0 Å². The lowest BCUT2D eigenvalue weighted by molar-refractivity contribution is -0.141. The molecule has 1 aromatic heterocycles. The van der Waals surface area contributed by atoms with Gasteiger partial charge in [-0.25, -0.2) is 13.8 Å². The molecule has 0 atom stereocenters. The van der Waals surface area contributed by atoms with E-state index in [9.17, 15) is 26.7 Å². The molecule has 108 valence electrons. The van der Waals surface area contributed by atoms with Crippen molar-refractivity contribution in [1.82, 2.24) is 4.98 Å². The largest absolute Gasteiger partial charge is 0.469 e. The van der Waals surface area contributed by atoms with Gasteiger partial charge in [0.15, 0.2) is 5.69 Å². The first kappa shape index (κ1) is 15.8. The van der Waals surface area contributed by atoms with Crippen LogP contribution in [0.1, 0.15) is 28.9 Å². The Bertz CT molecular complexity index is 563. The Kier molecular flexibility index (Phi) is 4.60. The number of pyridine rings is 1. The summed E-state index contributed by atoms with van der Waals surface area (Å²) in [5.74, 6) is -1.05. The lowest BCUT2D eigenvalue weighted by Crippen LogP contribution is -2.17. The van der Waals surface area contributed by atoms with Crippen molar-refractivity contribution in [1.29, 1.82) is 5.26 Å². The zero-order valence-electron chi connectivity index (χ0n) is 9.96. The first-order chi connectivity index (χ1) is 9.20. The van der Waals surface area contributed by atoms with Gasteiger partial charge >= 0.3 is 12.1 Å². The highest BCUT2D eigenvalue weighted by Crippen LogP contribution is 2.35. The molecule has 1 aromatic rings. The summed E-state index contributed by atoms with van der Waals surface area (Å²) in [6, 6.07) is 1.56. The summed E-state index contributed by atoms with van der Waals surface area (Å²) in [6.07, 6.45) is -9.05. The smallest absolute Gasteiger partial charge is 0.419 e. The summed E-state index contributed by atoms with van der Waals surface area (Å²) in [7, 11) is 0.940. The number of rotatable bonds is 3. The molecule has 0 radical (unpaired) electrons. The van der Waals surface area contributed by atoms with Gasteiger partial charge in [-0.2, -0.15) is 18.4 Å². The minimum absolute atomic E-state index is 0.450. The lowest BCUT2D eigenvalue weighted by atomic mass is 10.0. The molecule has 9 heteroatoms. The van der Waals surface area contributed by atoms with Crippen molar-refractivity contribution in [3.05, 3.63) is 28.6 Å². The summed E-state index contributed by atoms with van der Waals surface area (Å²) in [5.41, 5.74) is -4.48. The Morgan fingerprint density at radius 1 is 1.50 bits per heavy atom. The predicted octanol–water partition coefficient (Wildman–Crippen LogP) is 2.63. The van der Waals surface area contributed by atoms with Crippen LogP contribution in [0.5, 0.6) is 0 Å². The number of nitriles is 1. The van der Waals surface area contributed by atoms with Crippen LogP contribution in [0.25, 0.3) is 0 Å². The van der Waals surface area contributed by atoms with Crippen molar-refractivity contribution in [2.45, 2.75) is 19.0 Å². The molecule has 1 heterocycles. The van der Waals surface area contributed by atoms with Gasteiger partial charge in [-0.1, -0.05) is 0 Å². The third-order valence-electron chi connectivity index (χ3n) is 2.30. The monoisotopic (exact) mass is 294 g/mol. The Morgan fingerprint density at radius 3 is 2.50 bits per heavy atom. The van der Waals surface area contributed by atoms with Crippen LogP contribution in [0.4, 0.5) is 22.0 Å². The van der Waals surface area contributed by atoms with Gasteiger partial charge in [0.05, 0.1) is 19.1 Å². The molecule has 0 amide bonds. The van der Waals surface area contributed by atoms with Gasteiger partial charge in [-0.05, 0) is 11.6 Å². The second kappa shape index (κ2) is 5.81. The van der Waals surface area contributed by atoms with Crippen LogP contribution in [0, 0.1) is 11.3 Å². The number of aromatic nitrogens is 1. The van der Waals surface area contributed by atoms with E-state index < -0.39 is 47.5 Å². The molecule has 0 aliphatic heterocycles. The maximum Gasteiger partial charge on any atom is 0.419 e. The number of carbonyl (C=O) groups is 1. The molecule has 4 nitrogen and oxygen atoms in total. The number of ether oxygens (including phenoxy) is 1. The molecule has 0 saturated carbocycles. The minimum Gasteiger partial charge on any atom is -0.469 e. The molecule has 0 bridgehead atoms. The van der Waals surface area contributed by atoms with Gasteiger partial charge in [0, 0.05) is 0 Å². The van der Waals surface area contributed by atoms with Gasteiger partial charge in [0.1, 0.15) is 11.8 Å². The topological polar surface area (TPSA) is 63.0 Å². The molecular formula is C11H7F5N2O2. The van der Waals surface area contributed by atoms with Gasteiger partial charge < -0.3 is 4.74 Å². The van der Waals surface area contributed by atoms with Crippen molar-refractivity contribution in [2.75, 3.05) is 7.11 Å². The zero-order valence-corrected chi connectivity index (χ0v) is 9.96. The minimum atomic E-state index is -5.00. The molecule has 0 aromatic carbocycles. The van der Waals surface area contributed by atoms with Gasteiger partial charge in [-0.3, -0.25) is 4.79 Å². The van der Waals surface area contributed by atoms with Crippen molar-refractivity contribution >= 4 is 5.97 Å². The second-order valence-corrected chi connectivity index (χ2v) is 3.59. The van der Waals surface area contributed by atoms with Crippen molar-refractivity contribution in [3.8, 4) is 6.07 Å². The van der Waals surface area contributed by atoms with E-state index in [-0.39, 0.29) is 0 Å². The number of alkyl halides is 5. The number of nitrogens with zero attached hydrogens (tertiary/aromatic N) is 2. The molecule has 0 saturated heterocycles. The number of methoxy groups -OCH3 is 1. The van der Waals surface area contributed by atoms with E-state index >= 15 is 0 Å². The Labute approximate surface area is 109 Å². The van der Waals surface area contributed by atoms with Crippen molar-refractivity contribution in [2.24, 2.45) is 0 Å². The predicted molar refractivity (Wildman–Crippen MR) is 54.6 cm³/mol. The van der Waals surface area contributed by atoms with E-state index in [2.05, 4.69) is 9.72 Å². The molecule has 0 spiro atoms. The molecule has 0 fully saturated rings. The van der Waals surface area contributed by atoms with E-state index in [1.54, 1.807) is 0 Å². The van der Waals surface area contributed by atoms with Crippen LogP contribution in [-0.4, -0.2) is 18.1 Å². The standard InChI is InChI=1S/C11H7F5N2O2/c1-20-8(19)3-5-2-6(10(12)13)18-7(4-17)9(5)11(14,15)16/h2,10H,3H2,1H3. The fraction of sp³-hybridized carbons (Fsp3) is 0.364. The highest BCUT2D eigenvalue weighted by Gasteiger charge is 2.38. The summed E-state index contributed by atoms with van der Waals surface area (Å²) in [5, 5.41) is 8.63. The molecular weight excluding hydrogens is 287 g/mol. The van der Waals surface area contributed by atoms with E-state index in [4.69, 9.17) is 5.26 Å². The average molecular weight is 294 g/mol. The number of hydrogen-bond donors (Lipinski definition) is 0. The van der Waals surface area contributed by atoms with Crippen molar-refractivity contribution in [3.63, 3.8) is 0 Å². The molecule has 0 aliphatic rings. The highest BCUT2D eigenvalue weighted by molar-refractivity contribution is 5.73. The van der Waals surface area contributed by atoms with E-state index in [0.717, 1.165) is 13.2 Å². The second-order valence-electron chi connectivity index (χ2n) is 3.59. The summed E-state index contributed by atoms with van der Waals surface area (Å²) in [4.78, 5) is 14.0. The Hall–Kier alpha value is -2.24. The zero-order chi connectivity index (χ0) is 15.5. The Morgan fingerprint density at radius 2 is 2.10 bits per heavy atom. The average Bonchev–Trinajstić information content (AvgIpc) is 2.35. The quantitative estimate of drug-likeness (QED) is 0.635. The van der Waals surface area contributed by atoms with Gasteiger partial charge in [0.25, 0.3) is 6.43 Å². The maximum absolute atomic E-state index is 12.9. The normalized spacial score (nSPS) is 11.3. The van der Waals surface area contributed by atoms with Crippen LogP contribution in [-0.2, 0) is 22.1 Å². The molecule has 0 unspecified atom stereocenters. The highest BCUT2D eigenvalue weighted by atomic mass is 19.4. The van der Waals surface area contributed by atoms with E-state index in [1.807, 2.05) is 0 Å². The van der Waals surface area contributed by atoms with Crippen LogP contribution in [0.15, 0.2) is 6.07 Å². The molecule has 20 heavy (non-hydrogen) atoms. The first-order valence-corrected chi connectivity index (χ1v) is 5.06. The van der Waals surface area contributed by atoms with E-state index in [1.165, 1.54) is 0 Å². The fourth-order valence-electron chi connectivity index (χ4n) is 1.50.